The quantitative estimate of drug-likeness (QED) is 0.851. The second-order valence-corrected chi connectivity index (χ2v) is 8.36. The highest BCUT2D eigenvalue weighted by Crippen LogP contribution is 2.27. The van der Waals surface area contributed by atoms with Crippen LogP contribution in [0.3, 0.4) is 0 Å². The molecular weight excluding hydrogens is 348 g/mol. The molecule has 1 N–H and O–H groups in total. The van der Waals surface area contributed by atoms with E-state index in [2.05, 4.69) is 47.7 Å². The number of carbonyl (C=O) groups is 1. The molecule has 2 aliphatic rings. The fourth-order valence-electron chi connectivity index (χ4n) is 4.48. The van der Waals surface area contributed by atoms with Gasteiger partial charge < -0.3 is 10.2 Å². The van der Waals surface area contributed by atoms with Gasteiger partial charge in [0.15, 0.2) is 0 Å². The zero-order valence-corrected chi connectivity index (χ0v) is 17.6. The van der Waals surface area contributed by atoms with Crippen molar-refractivity contribution in [3.63, 3.8) is 0 Å². The lowest BCUT2D eigenvalue weighted by molar-refractivity contribution is -0.131. The van der Waals surface area contributed by atoms with Crippen LogP contribution in [0.4, 0.5) is 0 Å². The summed E-state index contributed by atoms with van der Waals surface area (Å²) in [5.74, 6) is 2.45. The third-order valence-corrected chi connectivity index (χ3v) is 6.03. The minimum absolute atomic E-state index is 0. The maximum Gasteiger partial charge on any atom is 0.222 e. The Kier molecular flexibility index (Phi) is 7.53. The van der Waals surface area contributed by atoms with E-state index in [4.69, 9.17) is 0 Å². The monoisotopic (exact) mass is 382 g/mol. The van der Waals surface area contributed by atoms with Crippen LogP contribution in [0.1, 0.15) is 50.1 Å². The minimum atomic E-state index is 0. The number of nitrogens with one attached hydrogen (secondary N) is 1. The van der Waals surface area contributed by atoms with Gasteiger partial charge in [-0.05, 0) is 69.5 Å². The van der Waals surface area contributed by atoms with Gasteiger partial charge in [-0.3, -0.25) is 9.48 Å². The summed E-state index contributed by atoms with van der Waals surface area (Å²) < 4.78 is 2.11. The van der Waals surface area contributed by atoms with E-state index < -0.39 is 0 Å². The molecule has 2 fully saturated rings. The van der Waals surface area contributed by atoms with E-state index in [1.807, 2.05) is 0 Å². The van der Waals surface area contributed by atoms with Crippen LogP contribution in [0.15, 0.2) is 0 Å². The Balaban J connectivity index is 0.00000243. The van der Waals surface area contributed by atoms with Gasteiger partial charge in [0.2, 0.25) is 5.91 Å². The normalized spacial score (nSPS) is 22.9. The summed E-state index contributed by atoms with van der Waals surface area (Å²) in [6.45, 7) is 13.7. The van der Waals surface area contributed by atoms with Crippen molar-refractivity contribution < 1.29 is 4.79 Å². The number of likely N-dealkylation sites (tertiary alicyclic amines) is 1. The molecule has 0 bridgehead atoms. The van der Waals surface area contributed by atoms with Gasteiger partial charge in [-0.15, -0.1) is 12.4 Å². The first kappa shape index (κ1) is 21.2. The van der Waals surface area contributed by atoms with Crippen LogP contribution in [0.25, 0.3) is 0 Å². The topological polar surface area (TPSA) is 50.2 Å². The van der Waals surface area contributed by atoms with E-state index in [-0.39, 0.29) is 12.4 Å². The van der Waals surface area contributed by atoms with Gasteiger partial charge in [0.05, 0.1) is 5.69 Å². The molecule has 0 spiro atoms. The van der Waals surface area contributed by atoms with Crippen molar-refractivity contribution >= 4 is 18.3 Å². The van der Waals surface area contributed by atoms with Crippen molar-refractivity contribution in [3.05, 3.63) is 17.0 Å². The molecule has 6 heteroatoms. The first-order valence-corrected chi connectivity index (χ1v) is 9.97. The van der Waals surface area contributed by atoms with Crippen LogP contribution in [-0.2, 0) is 17.8 Å². The molecule has 1 amide bonds. The first-order chi connectivity index (χ1) is 12.0. The zero-order valence-electron chi connectivity index (χ0n) is 16.8. The molecule has 3 heterocycles. The molecule has 0 radical (unpaired) electrons. The summed E-state index contributed by atoms with van der Waals surface area (Å²) in [4.78, 5) is 14.8. The Morgan fingerprint density at radius 2 is 1.81 bits per heavy atom. The molecule has 148 valence electrons. The number of carbonyl (C=O) groups excluding carboxylic acids is 1. The Bertz CT molecular complexity index is 599. The van der Waals surface area contributed by atoms with Crippen LogP contribution < -0.4 is 5.32 Å². The summed E-state index contributed by atoms with van der Waals surface area (Å²) in [7, 11) is 0. The molecule has 1 aromatic heterocycles. The lowest BCUT2D eigenvalue weighted by Crippen LogP contribution is -2.33. The number of aryl methyl sites for hydroxylation is 1. The second kappa shape index (κ2) is 9.23. The number of amides is 1. The molecule has 2 aliphatic heterocycles. The van der Waals surface area contributed by atoms with Crippen molar-refractivity contribution in [2.45, 2.75) is 59.9 Å². The van der Waals surface area contributed by atoms with Crippen LogP contribution in [0.5, 0.6) is 0 Å². The molecule has 0 saturated carbocycles. The van der Waals surface area contributed by atoms with Gasteiger partial charge in [-0.1, -0.05) is 13.8 Å². The third-order valence-electron chi connectivity index (χ3n) is 6.03. The highest BCUT2D eigenvalue weighted by molar-refractivity contribution is 5.85. The van der Waals surface area contributed by atoms with E-state index in [1.165, 1.54) is 11.3 Å². The average molecular weight is 383 g/mol. The zero-order chi connectivity index (χ0) is 18.0. The molecule has 3 rings (SSSR count). The Morgan fingerprint density at radius 3 is 2.38 bits per heavy atom. The molecular formula is C20H35ClN4O. The van der Waals surface area contributed by atoms with Crippen molar-refractivity contribution in [1.29, 1.82) is 0 Å². The Morgan fingerprint density at radius 1 is 1.19 bits per heavy atom. The number of fused-ring (bicyclic) bond motifs is 1. The molecule has 0 aliphatic carbocycles. The molecule has 2 atom stereocenters. The highest BCUT2D eigenvalue weighted by Gasteiger charge is 2.31. The third kappa shape index (κ3) is 4.80. The van der Waals surface area contributed by atoms with Gasteiger partial charge in [0.1, 0.15) is 0 Å². The number of hydrogen-bond acceptors (Lipinski definition) is 3. The number of hydrogen-bond donors (Lipinski definition) is 1. The summed E-state index contributed by atoms with van der Waals surface area (Å²) >= 11 is 0. The number of aromatic nitrogens is 2. The van der Waals surface area contributed by atoms with Crippen LogP contribution in [0, 0.1) is 31.6 Å². The SMILES string of the molecule is Cc1nn(CC(C)C)c(C)c1CCC(=O)N1CC[C@@H]2CNC[C@@H]2CC1.Cl. The maximum absolute atomic E-state index is 12.7. The Labute approximate surface area is 164 Å². The van der Waals surface area contributed by atoms with Crippen molar-refractivity contribution in [1.82, 2.24) is 20.0 Å². The first-order valence-electron chi connectivity index (χ1n) is 9.97. The van der Waals surface area contributed by atoms with Crippen molar-refractivity contribution in [2.24, 2.45) is 17.8 Å². The predicted molar refractivity (Wildman–Crippen MR) is 108 cm³/mol. The molecule has 0 aromatic carbocycles. The van der Waals surface area contributed by atoms with Gasteiger partial charge in [-0.25, -0.2) is 0 Å². The fourth-order valence-corrected chi connectivity index (χ4v) is 4.48. The molecule has 5 nitrogen and oxygen atoms in total. The van der Waals surface area contributed by atoms with E-state index in [0.717, 1.165) is 69.5 Å². The maximum atomic E-state index is 12.7. The molecule has 0 unspecified atom stereocenters. The highest BCUT2D eigenvalue weighted by atomic mass is 35.5. The van der Waals surface area contributed by atoms with Crippen molar-refractivity contribution in [2.75, 3.05) is 26.2 Å². The lowest BCUT2D eigenvalue weighted by Gasteiger charge is -2.21. The van der Waals surface area contributed by atoms with Gasteiger partial charge in [0, 0.05) is 31.7 Å². The summed E-state index contributed by atoms with van der Waals surface area (Å²) in [6.07, 6.45) is 3.75. The number of nitrogens with zero attached hydrogens (tertiary/aromatic N) is 3. The van der Waals surface area contributed by atoms with E-state index in [1.54, 1.807) is 0 Å². The van der Waals surface area contributed by atoms with E-state index in [9.17, 15) is 4.79 Å². The molecule has 1 aromatic rings. The van der Waals surface area contributed by atoms with Crippen LogP contribution >= 0.6 is 12.4 Å². The number of halogens is 1. The molecule has 2 saturated heterocycles. The van der Waals surface area contributed by atoms with Crippen LogP contribution in [0.2, 0.25) is 0 Å². The summed E-state index contributed by atoms with van der Waals surface area (Å²) in [5.41, 5.74) is 3.59. The fraction of sp³-hybridized carbons (Fsp3) is 0.800. The second-order valence-electron chi connectivity index (χ2n) is 8.36. The lowest BCUT2D eigenvalue weighted by atomic mass is 9.92. The molecule has 26 heavy (non-hydrogen) atoms. The number of rotatable bonds is 5. The predicted octanol–water partition coefficient (Wildman–Crippen LogP) is 2.97. The largest absolute Gasteiger partial charge is 0.343 e. The van der Waals surface area contributed by atoms with E-state index >= 15 is 0 Å². The minimum Gasteiger partial charge on any atom is -0.343 e. The Hall–Kier alpha value is -1.07. The average Bonchev–Trinajstić information content (AvgIpc) is 3.03. The van der Waals surface area contributed by atoms with Gasteiger partial charge in [-0.2, -0.15) is 5.10 Å². The van der Waals surface area contributed by atoms with Gasteiger partial charge in [0.25, 0.3) is 0 Å². The standard InChI is InChI=1S/C20H34N4O.ClH/c1-14(2)13-24-16(4)19(15(3)22-24)5-6-20(25)23-9-7-17-11-21-12-18(17)8-10-23;/h14,17-18,21H,5-13H2,1-4H3;1H/t17-,18+;. The summed E-state index contributed by atoms with van der Waals surface area (Å²) in [5, 5.41) is 8.18. The van der Waals surface area contributed by atoms with Crippen molar-refractivity contribution in [3.8, 4) is 0 Å². The van der Waals surface area contributed by atoms with Gasteiger partial charge >= 0.3 is 0 Å². The van der Waals surface area contributed by atoms with Crippen LogP contribution in [-0.4, -0.2) is 46.8 Å². The smallest absolute Gasteiger partial charge is 0.222 e. The summed E-state index contributed by atoms with van der Waals surface area (Å²) in [6, 6.07) is 0. The van der Waals surface area contributed by atoms with E-state index in [0.29, 0.717) is 18.2 Å².